The molecule has 0 bridgehead atoms. The molecule has 0 aliphatic rings. The van der Waals surface area contributed by atoms with Gasteiger partial charge in [-0.3, -0.25) is 9.52 Å². The Morgan fingerprint density at radius 2 is 1.77 bits per heavy atom. The lowest BCUT2D eigenvalue weighted by Crippen LogP contribution is -2.16. The van der Waals surface area contributed by atoms with E-state index in [1.807, 2.05) is 6.92 Å². The summed E-state index contributed by atoms with van der Waals surface area (Å²) in [7, 11) is -3.77. The van der Waals surface area contributed by atoms with E-state index in [-0.39, 0.29) is 10.8 Å². The quantitative estimate of drug-likeness (QED) is 0.491. The molecule has 3 aromatic carbocycles. The largest absolute Gasteiger partial charge is 0.489 e. The van der Waals surface area contributed by atoms with Crippen LogP contribution < -0.4 is 14.8 Å². The number of amides is 1. The molecule has 7 heteroatoms. The molecular formula is C24H24N2O4S. The number of benzene rings is 3. The van der Waals surface area contributed by atoms with Crippen molar-refractivity contribution in [1.29, 1.82) is 0 Å². The van der Waals surface area contributed by atoms with E-state index in [0.29, 0.717) is 34.9 Å². The Balaban J connectivity index is 1.79. The minimum Gasteiger partial charge on any atom is -0.489 e. The maximum atomic E-state index is 12.7. The van der Waals surface area contributed by atoms with Crippen LogP contribution in [0.25, 0.3) is 0 Å². The lowest BCUT2D eigenvalue weighted by Gasteiger charge is -2.13. The van der Waals surface area contributed by atoms with Gasteiger partial charge in [0.1, 0.15) is 12.4 Å². The second-order valence-corrected chi connectivity index (χ2v) is 8.71. The first-order valence-corrected chi connectivity index (χ1v) is 11.1. The Labute approximate surface area is 182 Å². The fourth-order valence-corrected chi connectivity index (χ4v) is 3.94. The van der Waals surface area contributed by atoms with Gasteiger partial charge in [-0.15, -0.1) is 0 Å². The highest BCUT2D eigenvalue weighted by Crippen LogP contribution is 2.23. The summed E-state index contributed by atoms with van der Waals surface area (Å²) in [5.41, 5.74) is 2.90. The van der Waals surface area contributed by atoms with Crippen molar-refractivity contribution >= 4 is 27.3 Å². The summed E-state index contributed by atoms with van der Waals surface area (Å²) in [5.74, 6) is 0.241. The van der Waals surface area contributed by atoms with E-state index in [1.165, 1.54) is 6.07 Å². The Morgan fingerprint density at radius 3 is 2.48 bits per heavy atom. The summed E-state index contributed by atoms with van der Waals surface area (Å²) in [4.78, 5) is 12.9. The highest BCUT2D eigenvalue weighted by Gasteiger charge is 2.17. The van der Waals surface area contributed by atoms with Gasteiger partial charge in [0.05, 0.1) is 10.6 Å². The van der Waals surface area contributed by atoms with Gasteiger partial charge in [0.25, 0.3) is 15.9 Å². The monoisotopic (exact) mass is 436 g/mol. The average molecular weight is 437 g/mol. The number of nitrogens with one attached hydrogen (secondary N) is 2. The summed E-state index contributed by atoms with van der Waals surface area (Å²) in [6.45, 7) is 7.63. The smallest absolute Gasteiger partial charge is 0.261 e. The highest BCUT2D eigenvalue weighted by molar-refractivity contribution is 7.92. The van der Waals surface area contributed by atoms with Gasteiger partial charge >= 0.3 is 0 Å². The van der Waals surface area contributed by atoms with Gasteiger partial charge in [-0.25, -0.2) is 8.42 Å². The van der Waals surface area contributed by atoms with Gasteiger partial charge in [0.2, 0.25) is 0 Å². The number of ether oxygens (including phenoxy) is 1. The van der Waals surface area contributed by atoms with Crippen LogP contribution in [0.15, 0.2) is 84.3 Å². The van der Waals surface area contributed by atoms with E-state index < -0.39 is 10.0 Å². The molecule has 1 amide bonds. The minimum atomic E-state index is -3.77. The first-order valence-electron chi connectivity index (χ1n) is 9.64. The molecule has 3 rings (SSSR count). The van der Waals surface area contributed by atoms with Gasteiger partial charge in [-0.2, -0.15) is 0 Å². The number of hydrogen-bond donors (Lipinski definition) is 2. The van der Waals surface area contributed by atoms with Crippen LogP contribution in [0, 0.1) is 13.8 Å². The van der Waals surface area contributed by atoms with Crippen molar-refractivity contribution in [3.8, 4) is 5.75 Å². The zero-order chi connectivity index (χ0) is 22.4. The summed E-state index contributed by atoms with van der Waals surface area (Å²) < 4.78 is 33.5. The predicted octanol–water partition coefficient (Wildman–Crippen LogP) is 4.92. The first-order chi connectivity index (χ1) is 14.8. The predicted molar refractivity (Wildman–Crippen MR) is 123 cm³/mol. The second-order valence-electron chi connectivity index (χ2n) is 7.03. The van der Waals surface area contributed by atoms with Gasteiger partial charge in [0.15, 0.2) is 0 Å². The van der Waals surface area contributed by atoms with Crippen LogP contribution in [0.4, 0.5) is 11.4 Å². The van der Waals surface area contributed by atoms with E-state index in [9.17, 15) is 13.2 Å². The zero-order valence-electron chi connectivity index (χ0n) is 17.4. The van der Waals surface area contributed by atoms with Crippen LogP contribution in [-0.4, -0.2) is 20.9 Å². The third-order valence-corrected chi connectivity index (χ3v) is 5.92. The molecule has 160 valence electrons. The lowest BCUT2D eigenvalue weighted by molar-refractivity contribution is 0.102. The molecule has 6 nitrogen and oxygen atoms in total. The van der Waals surface area contributed by atoms with E-state index in [2.05, 4.69) is 16.6 Å². The maximum absolute atomic E-state index is 12.7. The number of anilines is 2. The number of carbonyl (C=O) groups excluding carboxylic acids is 1. The van der Waals surface area contributed by atoms with E-state index in [1.54, 1.807) is 73.7 Å². The molecule has 0 saturated heterocycles. The number of hydrogen-bond acceptors (Lipinski definition) is 4. The standard InChI is InChI=1S/C24H24N2O4S/c1-4-14-30-21-7-5-6-20(16-21)25-24(27)19-11-10-18(3)23(15-19)26-31(28,29)22-12-8-17(2)9-13-22/h4-13,15-16,26H,1,14H2,2-3H3,(H,25,27). The van der Waals surface area contributed by atoms with Gasteiger partial charge in [-0.1, -0.05) is 42.5 Å². The Bertz CT molecular complexity index is 1200. The highest BCUT2D eigenvalue weighted by atomic mass is 32.2. The second kappa shape index (κ2) is 9.49. The Hall–Kier alpha value is -3.58. The van der Waals surface area contributed by atoms with Crippen molar-refractivity contribution in [2.24, 2.45) is 0 Å². The third-order valence-electron chi connectivity index (χ3n) is 4.54. The summed E-state index contributed by atoms with van der Waals surface area (Å²) in [5, 5.41) is 2.80. The van der Waals surface area contributed by atoms with E-state index in [0.717, 1.165) is 5.56 Å². The van der Waals surface area contributed by atoms with Crippen LogP contribution in [-0.2, 0) is 10.0 Å². The van der Waals surface area contributed by atoms with Gasteiger partial charge in [-0.05, 0) is 55.8 Å². The molecule has 2 N–H and O–H groups in total. The first kappa shape index (κ1) is 22.1. The molecule has 0 radical (unpaired) electrons. The van der Waals surface area contributed by atoms with Crippen molar-refractivity contribution in [2.45, 2.75) is 18.7 Å². The van der Waals surface area contributed by atoms with Crippen molar-refractivity contribution in [3.05, 3.63) is 96.1 Å². The normalized spacial score (nSPS) is 10.9. The molecule has 31 heavy (non-hydrogen) atoms. The van der Waals surface area contributed by atoms with Crippen LogP contribution in [0.5, 0.6) is 5.75 Å². The molecule has 0 aromatic heterocycles. The van der Waals surface area contributed by atoms with Crippen LogP contribution in [0.3, 0.4) is 0 Å². The van der Waals surface area contributed by atoms with Crippen LogP contribution >= 0.6 is 0 Å². The molecular weight excluding hydrogens is 412 g/mol. The summed E-state index contributed by atoms with van der Waals surface area (Å²) >= 11 is 0. The molecule has 0 aliphatic carbocycles. The number of sulfonamides is 1. The van der Waals surface area contributed by atoms with Crippen LogP contribution in [0.1, 0.15) is 21.5 Å². The third kappa shape index (κ3) is 5.73. The van der Waals surface area contributed by atoms with E-state index in [4.69, 9.17) is 4.74 Å². The van der Waals surface area contributed by atoms with Crippen molar-refractivity contribution in [1.82, 2.24) is 0 Å². The molecule has 0 fully saturated rings. The fourth-order valence-electron chi connectivity index (χ4n) is 2.82. The van der Waals surface area contributed by atoms with E-state index >= 15 is 0 Å². The molecule has 0 aliphatic heterocycles. The van der Waals surface area contributed by atoms with Crippen molar-refractivity contribution in [2.75, 3.05) is 16.6 Å². The Morgan fingerprint density at radius 1 is 1.03 bits per heavy atom. The zero-order valence-corrected chi connectivity index (χ0v) is 18.2. The molecule has 0 heterocycles. The average Bonchev–Trinajstić information content (AvgIpc) is 2.74. The van der Waals surface area contributed by atoms with Gasteiger partial charge < -0.3 is 10.1 Å². The summed E-state index contributed by atoms with van der Waals surface area (Å²) in [6, 6.07) is 18.4. The molecule has 3 aromatic rings. The van der Waals surface area contributed by atoms with Gasteiger partial charge in [0, 0.05) is 17.3 Å². The maximum Gasteiger partial charge on any atom is 0.261 e. The topological polar surface area (TPSA) is 84.5 Å². The Kier molecular flexibility index (Phi) is 6.77. The molecule has 0 unspecified atom stereocenters. The summed E-state index contributed by atoms with van der Waals surface area (Å²) in [6.07, 6.45) is 1.64. The lowest BCUT2D eigenvalue weighted by atomic mass is 10.1. The number of rotatable bonds is 8. The van der Waals surface area contributed by atoms with Crippen LogP contribution in [0.2, 0.25) is 0 Å². The SMILES string of the molecule is C=CCOc1cccc(NC(=O)c2ccc(C)c(NS(=O)(=O)c3ccc(C)cc3)c2)c1. The van der Waals surface area contributed by atoms with Crippen molar-refractivity contribution < 1.29 is 17.9 Å². The molecule has 0 atom stereocenters. The van der Waals surface area contributed by atoms with Crippen molar-refractivity contribution in [3.63, 3.8) is 0 Å². The fraction of sp³-hybridized carbons (Fsp3) is 0.125. The molecule has 0 spiro atoms. The number of aryl methyl sites for hydroxylation is 2. The minimum absolute atomic E-state index is 0.156. The number of carbonyl (C=O) groups is 1. The molecule has 0 saturated carbocycles.